The predicted molar refractivity (Wildman–Crippen MR) is 104 cm³/mol. The zero-order valence-electron chi connectivity index (χ0n) is 13.8. The fraction of sp³-hybridized carbons (Fsp3) is 0. The lowest BCUT2D eigenvalue weighted by atomic mass is 10.0. The zero-order chi connectivity index (χ0) is 17.7. The van der Waals surface area contributed by atoms with Crippen LogP contribution in [0.15, 0.2) is 82.2 Å². The number of hydrogen-bond donors (Lipinski definition) is 2. The molecule has 0 fully saturated rings. The second kappa shape index (κ2) is 5.39. The molecule has 0 bridgehead atoms. The van der Waals surface area contributed by atoms with Crippen LogP contribution in [0.25, 0.3) is 38.6 Å². The van der Waals surface area contributed by atoms with E-state index in [1.807, 2.05) is 54.7 Å². The number of rotatable bonds is 2. The molecule has 5 nitrogen and oxygen atoms in total. The van der Waals surface area contributed by atoms with Crippen molar-refractivity contribution in [2.75, 3.05) is 5.73 Å². The Balaban J connectivity index is 1.91. The Morgan fingerprint density at radius 1 is 0.846 bits per heavy atom. The minimum Gasteiger partial charge on any atom is -0.397 e. The molecule has 5 aromatic rings. The van der Waals surface area contributed by atoms with E-state index in [-0.39, 0.29) is 5.63 Å². The summed E-state index contributed by atoms with van der Waals surface area (Å²) in [7, 11) is 0. The second-order valence-corrected chi connectivity index (χ2v) is 6.18. The third kappa shape index (κ3) is 2.01. The molecule has 0 saturated heterocycles. The molecule has 0 amide bonds. The Bertz CT molecular complexity index is 1320. The van der Waals surface area contributed by atoms with Crippen LogP contribution in [0.2, 0.25) is 0 Å². The summed E-state index contributed by atoms with van der Waals surface area (Å²) in [5, 5.41) is 1.61. The van der Waals surface area contributed by atoms with Crippen molar-refractivity contribution in [2.24, 2.45) is 0 Å². The van der Waals surface area contributed by atoms with Crippen LogP contribution in [0.3, 0.4) is 0 Å². The first-order valence-electron chi connectivity index (χ1n) is 8.30. The molecule has 5 rings (SSSR count). The third-order valence-electron chi connectivity index (χ3n) is 4.67. The molecule has 3 N–H and O–H groups in total. The lowest BCUT2D eigenvalue weighted by Crippen LogP contribution is -1.99. The van der Waals surface area contributed by atoms with E-state index in [1.54, 1.807) is 12.1 Å². The van der Waals surface area contributed by atoms with Gasteiger partial charge in [-0.1, -0.05) is 42.5 Å². The summed E-state index contributed by atoms with van der Waals surface area (Å²) in [5.41, 5.74) is 10.6. The van der Waals surface area contributed by atoms with Crippen LogP contribution in [0.1, 0.15) is 0 Å². The SMILES string of the molecule is Nc1ccccc1-n1oc(=O)c2cccc(-c3c[nH]c4ccccc34)c21. The molecule has 5 heteroatoms. The maximum Gasteiger partial charge on any atom is 0.365 e. The first kappa shape index (κ1) is 14.6. The highest BCUT2D eigenvalue weighted by Crippen LogP contribution is 2.35. The minimum atomic E-state index is -0.384. The number of H-pyrrole nitrogens is 1. The highest BCUT2D eigenvalue weighted by molar-refractivity contribution is 6.04. The van der Waals surface area contributed by atoms with E-state index < -0.39 is 0 Å². The summed E-state index contributed by atoms with van der Waals surface area (Å²) < 4.78 is 7.09. The molecule has 3 aromatic carbocycles. The summed E-state index contributed by atoms with van der Waals surface area (Å²) in [4.78, 5) is 15.7. The molecule has 0 aliphatic carbocycles. The molecule has 0 aliphatic rings. The smallest absolute Gasteiger partial charge is 0.365 e. The summed E-state index contributed by atoms with van der Waals surface area (Å²) in [6.45, 7) is 0. The first-order chi connectivity index (χ1) is 12.7. The van der Waals surface area contributed by atoms with Gasteiger partial charge in [-0.15, -0.1) is 0 Å². The Kier molecular flexibility index (Phi) is 3.03. The average molecular weight is 341 g/mol. The van der Waals surface area contributed by atoms with Crippen LogP contribution >= 0.6 is 0 Å². The van der Waals surface area contributed by atoms with E-state index in [4.69, 9.17) is 10.3 Å². The van der Waals surface area contributed by atoms with E-state index in [9.17, 15) is 4.79 Å². The Labute approximate surface area is 148 Å². The van der Waals surface area contributed by atoms with Crippen LogP contribution in [0, 0.1) is 0 Å². The van der Waals surface area contributed by atoms with E-state index in [2.05, 4.69) is 11.1 Å². The van der Waals surface area contributed by atoms with Crippen LogP contribution in [0.5, 0.6) is 0 Å². The van der Waals surface area contributed by atoms with Gasteiger partial charge in [-0.2, -0.15) is 4.74 Å². The van der Waals surface area contributed by atoms with Crippen molar-refractivity contribution in [1.82, 2.24) is 9.72 Å². The molecule has 2 heterocycles. The van der Waals surface area contributed by atoms with Gasteiger partial charge in [0, 0.05) is 28.2 Å². The molecule has 0 unspecified atom stereocenters. The number of nitrogen functional groups attached to an aromatic ring is 1. The van der Waals surface area contributed by atoms with Crippen molar-refractivity contribution in [2.45, 2.75) is 0 Å². The van der Waals surface area contributed by atoms with Crippen LogP contribution < -0.4 is 11.4 Å². The number of hydrogen-bond acceptors (Lipinski definition) is 3. The first-order valence-corrected chi connectivity index (χ1v) is 8.30. The Morgan fingerprint density at radius 2 is 1.62 bits per heavy atom. The molecule has 126 valence electrons. The van der Waals surface area contributed by atoms with Crippen LogP contribution in [-0.4, -0.2) is 9.72 Å². The molecule has 0 aliphatic heterocycles. The number of aromatic nitrogens is 2. The van der Waals surface area contributed by atoms with Gasteiger partial charge in [-0.05, 0) is 24.3 Å². The number of nitrogens with one attached hydrogen (secondary N) is 1. The van der Waals surface area contributed by atoms with Gasteiger partial charge < -0.3 is 15.2 Å². The summed E-state index contributed by atoms with van der Waals surface area (Å²) in [6, 6.07) is 21.0. The van der Waals surface area contributed by atoms with Gasteiger partial charge in [-0.3, -0.25) is 0 Å². The van der Waals surface area contributed by atoms with Gasteiger partial charge in [0.15, 0.2) is 0 Å². The summed E-state index contributed by atoms with van der Waals surface area (Å²) >= 11 is 0. The van der Waals surface area contributed by atoms with E-state index in [0.29, 0.717) is 22.3 Å². The second-order valence-electron chi connectivity index (χ2n) is 6.18. The third-order valence-corrected chi connectivity index (χ3v) is 4.67. The quantitative estimate of drug-likeness (QED) is 0.470. The number of nitrogens with zero attached hydrogens (tertiary/aromatic N) is 1. The van der Waals surface area contributed by atoms with Gasteiger partial charge in [0.05, 0.1) is 11.1 Å². The minimum absolute atomic E-state index is 0.384. The number of nitrogens with two attached hydrogens (primary N) is 1. The van der Waals surface area contributed by atoms with Crippen molar-refractivity contribution >= 4 is 27.5 Å². The largest absolute Gasteiger partial charge is 0.397 e. The van der Waals surface area contributed by atoms with Gasteiger partial charge in [-0.25, -0.2) is 4.79 Å². The normalized spacial score (nSPS) is 11.4. The van der Waals surface area contributed by atoms with Crippen molar-refractivity contribution in [3.05, 3.63) is 83.3 Å². The van der Waals surface area contributed by atoms with E-state index in [0.717, 1.165) is 22.0 Å². The van der Waals surface area contributed by atoms with Crippen molar-refractivity contribution in [1.29, 1.82) is 0 Å². The standard InChI is InChI=1S/C21H15N3O2/c22-17-9-2-4-11-19(17)24-20-14(7-5-8-15(20)21(25)26-24)16-12-23-18-10-3-1-6-13(16)18/h1-12,23H,22H2. The monoisotopic (exact) mass is 341 g/mol. The molecule has 0 radical (unpaired) electrons. The lowest BCUT2D eigenvalue weighted by Gasteiger charge is -2.09. The van der Waals surface area contributed by atoms with E-state index in [1.165, 1.54) is 4.74 Å². The highest BCUT2D eigenvalue weighted by Gasteiger charge is 2.18. The Hall–Kier alpha value is -3.73. The van der Waals surface area contributed by atoms with Crippen molar-refractivity contribution < 1.29 is 4.52 Å². The number of fused-ring (bicyclic) bond motifs is 2. The maximum absolute atomic E-state index is 12.4. The fourth-order valence-corrected chi connectivity index (χ4v) is 3.46. The lowest BCUT2D eigenvalue weighted by molar-refractivity contribution is 0.334. The van der Waals surface area contributed by atoms with Crippen molar-refractivity contribution in [3.63, 3.8) is 0 Å². The molecule has 0 saturated carbocycles. The van der Waals surface area contributed by atoms with E-state index >= 15 is 0 Å². The predicted octanol–water partition coefficient (Wildman–Crippen LogP) is 4.31. The topological polar surface area (TPSA) is 77.0 Å². The van der Waals surface area contributed by atoms with Gasteiger partial charge in [0.2, 0.25) is 0 Å². The number of para-hydroxylation sites is 4. The number of benzene rings is 3. The van der Waals surface area contributed by atoms with Gasteiger partial charge in [0.1, 0.15) is 11.2 Å². The molecular formula is C21H15N3O2. The molecular weight excluding hydrogens is 326 g/mol. The van der Waals surface area contributed by atoms with Crippen LogP contribution in [-0.2, 0) is 0 Å². The summed E-state index contributed by atoms with van der Waals surface area (Å²) in [5.74, 6) is 0. The fourth-order valence-electron chi connectivity index (χ4n) is 3.46. The molecule has 2 aromatic heterocycles. The van der Waals surface area contributed by atoms with Gasteiger partial charge >= 0.3 is 5.63 Å². The number of aromatic amines is 1. The number of anilines is 1. The Morgan fingerprint density at radius 3 is 2.50 bits per heavy atom. The molecule has 0 spiro atoms. The zero-order valence-corrected chi connectivity index (χ0v) is 13.8. The average Bonchev–Trinajstić information content (AvgIpc) is 3.24. The van der Waals surface area contributed by atoms with Gasteiger partial charge in [0.25, 0.3) is 0 Å². The van der Waals surface area contributed by atoms with Crippen molar-refractivity contribution in [3.8, 4) is 16.8 Å². The summed E-state index contributed by atoms with van der Waals surface area (Å²) in [6.07, 6.45) is 1.95. The maximum atomic E-state index is 12.4. The van der Waals surface area contributed by atoms with Crippen LogP contribution in [0.4, 0.5) is 5.69 Å². The molecule has 26 heavy (non-hydrogen) atoms. The highest BCUT2D eigenvalue weighted by atomic mass is 16.5. The molecule has 0 atom stereocenters.